The number of aromatic nitrogens is 3. The van der Waals surface area contributed by atoms with Gasteiger partial charge in [-0.1, -0.05) is 24.3 Å². The van der Waals surface area contributed by atoms with Crippen molar-refractivity contribution in [3.05, 3.63) is 66.4 Å². The molecule has 148 valence electrons. The lowest BCUT2D eigenvalue weighted by molar-refractivity contribution is -0.137. The van der Waals surface area contributed by atoms with Crippen LogP contribution < -0.4 is 0 Å². The number of imidazole rings is 1. The molecule has 0 aliphatic rings. The number of halogens is 3. The molecule has 2 heterocycles. The average molecular weight is 417 g/mol. The van der Waals surface area contributed by atoms with E-state index < -0.39 is 21.6 Å². The molecule has 4 aromatic rings. The highest BCUT2D eigenvalue weighted by Gasteiger charge is 2.30. The highest BCUT2D eigenvalue weighted by Crippen LogP contribution is 2.32. The van der Waals surface area contributed by atoms with Crippen molar-refractivity contribution in [2.75, 3.05) is 6.26 Å². The number of aromatic amines is 1. The van der Waals surface area contributed by atoms with E-state index >= 15 is 0 Å². The van der Waals surface area contributed by atoms with Crippen LogP contribution in [0, 0.1) is 0 Å². The van der Waals surface area contributed by atoms with Crippen LogP contribution in [0.4, 0.5) is 13.2 Å². The Morgan fingerprint density at radius 1 is 0.897 bits per heavy atom. The smallest absolute Gasteiger partial charge is 0.338 e. The number of sulfone groups is 1. The zero-order valence-corrected chi connectivity index (χ0v) is 15.8. The van der Waals surface area contributed by atoms with Gasteiger partial charge in [0.1, 0.15) is 5.82 Å². The Bertz CT molecular complexity index is 1290. The summed E-state index contributed by atoms with van der Waals surface area (Å²) in [6, 6.07) is 13.7. The molecule has 5 nitrogen and oxygen atoms in total. The number of nitrogens with zero attached hydrogens (tertiary/aromatic N) is 2. The molecule has 1 N–H and O–H groups in total. The molecule has 0 unspecified atom stereocenters. The SMILES string of the molecule is CS(=O)(=O)c1ccc(-c2ccc(-c3nc4cc(C(F)(F)F)ccc4[nH]3)cc2)cn1. The van der Waals surface area contributed by atoms with Crippen molar-refractivity contribution < 1.29 is 21.6 Å². The molecule has 2 aromatic carbocycles. The summed E-state index contributed by atoms with van der Waals surface area (Å²) in [5, 5.41) is -0.00151. The Kier molecular flexibility index (Phi) is 4.42. The number of H-pyrrole nitrogens is 1. The van der Waals surface area contributed by atoms with E-state index in [4.69, 9.17) is 0 Å². The number of pyridine rings is 1. The zero-order valence-electron chi connectivity index (χ0n) is 15.0. The first-order chi connectivity index (χ1) is 13.6. The highest BCUT2D eigenvalue weighted by molar-refractivity contribution is 7.90. The Labute approximate surface area is 164 Å². The maximum absolute atomic E-state index is 12.9. The summed E-state index contributed by atoms with van der Waals surface area (Å²) < 4.78 is 61.6. The van der Waals surface area contributed by atoms with Crippen molar-refractivity contribution in [1.29, 1.82) is 0 Å². The number of hydrogen-bond acceptors (Lipinski definition) is 4. The van der Waals surface area contributed by atoms with Gasteiger partial charge in [-0.3, -0.25) is 0 Å². The molecule has 0 radical (unpaired) electrons. The van der Waals surface area contributed by atoms with E-state index in [0.717, 1.165) is 29.5 Å². The number of hydrogen-bond donors (Lipinski definition) is 1. The third-order valence-electron chi connectivity index (χ3n) is 4.42. The zero-order chi connectivity index (χ0) is 20.8. The Hall–Kier alpha value is -3.20. The molecule has 0 fully saturated rings. The highest BCUT2D eigenvalue weighted by atomic mass is 32.2. The van der Waals surface area contributed by atoms with Crippen LogP contribution in [0.15, 0.2) is 65.8 Å². The van der Waals surface area contributed by atoms with Crippen molar-refractivity contribution in [2.45, 2.75) is 11.2 Å². The van der Waals surface area contributed by atoms with Gasteiger partial charge in [0.05, 0.1) is 16.6 Å². The van der Waals surface area contributed by atoms with Gasteiger partial charge in [-0.05, 0) is 35.9 Å². The molecule has 9 heteroatoms. The summed E-state index contributed by atoms with van der Waals surface area (Å²) in [6.07, 6.45) is -1.85. The second-order valence-corrected chi connectivity index (χ2v) is 8.51. The Morgan fingerprint density at radius 3 is 2.14 bits per heavy atom. The maximum Gasteiger partial charge on any atom is 0.416 e. The van der Waals surface area contributed by atoms with Gasteiger partial charge in [-0.2, -0.15) is 13.2 Å². The molecular weight excluding hydrogens is 403 g/mol. The number of rotatable bonds is 3. The standard InChI is InChI=1S/C20H14F3N3O2S/c1-29(27,28)18-9-6-14(11-24-18)12-2-4-13(5-3-12)19-25-16-8-7-15(20(21,22)23)10-17(16)26-19/h2-11H,1H3,(H,25,26). The van der Waals surface area contributed by atoms with Crippen LogP contribution in [0.2, 0.25) is 0 Å². The van der Waals surface area contributed by atoms with Crippen LogP contribution >= 0.6 is 0 Å². The molecule has 2 aromatic heterocycles. The number of fused-ring (bicyclic) bond motifs is 1. The fraction of sp³-hybridized carbons (Fsp3) is 0.100. The van der Waals surface area contributed by atoms with E-state index in [2.05, 4.69) is 15.0 Å². The topological polar surface area (TPSA) is 75.7 Å². The molecule has 0 bridgehead atoms. The van der Waals surface area contributed by atoms with Gasteiger partial charge >= 0.3 is 6.18 Å². The lowest BCUT2D eigenvalue weighted by Gasteiger charge is -2.04. The van der Waals surface area contributed by atoms with Gasteiger partial charge in [0.15, 0.2) is 14.9 Å². The minimum atomic E-state index is -4.42. The van der Waals surface area contributed by atoms with Gasteiger partial charge in [0.25, 0.3) is 0 Å². The van der Waals surface area contributed by atoms with E-state index in [9.17, 15) is 21.6 Å². The monoisotopic (exact) mass is 417 g/mol. The Balaban J connectivity index is 1.64. The molecule has 29 heavy (non-hydrogen) atoms. The van der Waals surface area contributed by atoms with Crippen molar-refractivity contribution in [2.24, 2.45) is 0 Å². The molecular formula is C20H14F3N3O2S. The molecule has 0 spiro atoms. The molecule has 0 saturated carbocycles. The van der Waals surface area contributed by atoms with E-state index in [0.29, 0.717) is 16.9 Å². The third kappa shape index (κ3) is 3.86. The molecule has 0 aliphatic heterocycles. The number of alkyl halides is 3. The Morgan fingerprint density at radius 2 is 1.55 bits per heavy atom. The first-order valence-electron chi connectivity index (χ1n) is 8.45. The summed E-state index contributed by atoms with van der Waals surface area (Å²) in [6.45, 7) is 0. The first-order valence-corrected chi connectivity index (χ1v) is 10.3. The number of nitrogens with one attached hydrogen (secondary N) is 1. The van der Waals surface area contributed by atoms with Crippen LogP contribution in [-0.4, -0.2) is 29.6 Å². The molecule has 0 amide bonds. The van der Waals surface area contributed by atoms with Crippen molar-refractivity contribution in [1.82, 2.24) is 15.0 Å². The normalized spacial score (nSPS) is 12.4. The van der Waals surface area contributed by atoms with Crippen LogP contribution in [0.25, 0.3) is 33.5 Å². The molecule has 0 saturated heterocycles. The summed E-state index contributed by atoms with van der Waals surface area (Å²) in [4.78, 5) is 11.2. The second-order valence-electron chi connectivity index (χ2n) is 6.55. The third-order valence-corrected chi connectivity index (χ3v) is 5.42. The predicted octanol–water partition coefficient (Wildman–Crippen LogP) is 4.71. The van der Waals surface area contributed by atoms with Gasteiger partial charge in [-0.25, -0.2) is 18.4 Å². The lowest BCUT2D eigenvalue weighted by atomic mass is 10.1. The van der Waals surface area contributed by atoms with Gasteiger partial charge in [0, 0.05) is 23.6 Å². The molecule has 0 aliphatic carbocycles. The lowest BCUT2D eigenvalue weighted by Crippen LogP contribution is -2.04. The summed E-state index contributed by atoms with van der Waals surface area (Å²) in [5.74, 6) is 0.455. The predicted molar refractivity (Wildman–Crippen MR) is 103 cm³/mol. The van der Waals surface area contributed by atoms with E-state index in [1.54, 1.807) is 30.3 Å². The summed E-state index contributed by atoms with van der Waals surface area (Å²) in [5.41, 5.74) is 2.26. The number of benzene rings is 2. The summed E-state index contributed by atoms with van der Waals surface area (Å²) >= 11 is 0. The van der Waals surface area contributed by atoms with Crippen LogP contribution in [0.3, 0.4) is 0 Å². The van der Waals surface area contributed by atoms with Crippen molar-refractivity contribution in [3.63, 3.8) is 0 Å². The van der Waals surface area contributed by atoms with Gasteiger partial charge < -0.3 is 4.98 Å². The van der Waals surface area contributed by atoms with Crippen molar-refractivity contribution >= 4 is 20.9 Å². The minimum absolute atomic E-state index is 0.00151. The second kappa shape index (κ2) is 6.70. The van der Waals surface area contributed by atoms with Gasteiger partial charge in [-0.15, -0.1) is 0 Å². The van der Waals surface area contributed by atoms with Crippen LogP contribution in [0.5, 0.6) is 0 Å². The minimum Gasteiger partial charge on any atom is -0.338 e. The fourth-order valence-electron chi connectivity index (χ4n) is 2.91. The van der Waals surface area contributed by atoms with E-state index in [-0.39, 0.29) is 10.5 Å². The largest absolute Gasteiger partial charge is 0.416 e. The van der Waals surface area contributed by atoms with E-state index in [1.807, 2.05) is 0 Å². The molecule has 4 rings (SSSR count). The average Bonchev–Trinajstić information content (AvgIpc) is 3.10. The quantitative estimate of drug-likeness (QED) is 0.524. The first kappa shape index (κ1) is 19.1. The maximum atomic E-state index is 12.9. The van der Waals surface area contributed by atoms with Crippen LogP contribution in [0.1, 0.15) is 5.56 Å². The van der Waals surface area contributed by atoms with Gasteiger partial charge in [0.2, 0.25) is 0 Å². The molecule has 0 atom stereocenters. The van der Waals surface area contributed by atoms with E-state index in [1.165, 1.54) is 18.3 Å². The fourth-order valence-corrected chi connectivity index (χ4v) is 3.47. The summed E-state index contributed by atoms with van der Waals surface area (Å²) in [7, 11) is -3.36. The van der Waals surface area contributed by atoms with Crippen molar-refractivity contribution in [3.8, 4) is 22.5 Å². The van der Waals surface area contributed by atoms with Crippen LogP contribution in [-0.2, 0) is 16.0 Å².